The molecule has 0 aromatic rings. The van der Waals surface area contributed by atoms with Crippen LogP contribution in [0.25, 0.3) is 0 Å². The van der Waals surface area contributed by atoms with E-state index >= 15 is 0 Å². The molecule has 2 N–H and O–H groups in total. The van der Waals surface area contributed by atoms with E-state index < -0.39 is 0 Å². The summed E-state index contributed by atoms with van der Waals surface area (Å²) in [5.74, 6) is 1.94. The van der Waals surface area contributed by atoms with Crippen LogP contribution in [0.3, 0.4) is 0 Å². The number of nitrogens with zero attached hydrogens (tertiary/aromatic N) is 2. The van der Waals surface area contributed by atoms with E-state index in [0.717, 1.165) is 31.5 Å². The molecule has 6 heteroatoms. The lowest BCUT2D eigenvalue weighted by Crippen LogP contribution is -2.45. The number of guanidine groups is 1. The lowest BCUT2D eigenvalue weighted by Gasteiger charge is -2.33. The Bertz CT molecular complexity index is 326. The van der Waals surface area contributed by atoms with E-state index in [0.29, 0.717) is 13.1 Å². The molecule has 0 spiro atoms. The summed E-state index contributed by atoms with van der Waals surface area (Å²) in [6.45, 7) is 12.5. The van der Waals surface area contributed by atoms with Gasteiger partial charge in [0, 0.05) is 32.1 Å². The van der Waals surface area contributed by atoms with Crippen molar-refractivity contribution in [2.24, 2.45) is 16.8 Å². The fraction of sp³-hybridized carbons (Fsp3) is 0.867. The molecular formula is C15H31IN4O. The normalized spacial score (nSPS) is 16.6. The van der Waals surface area contributed by atoms with E-state index in [1.807, 2.05) is 13.8 Å². The number of hydrogen-bond acceptors (Lipinski definition) is 2. The zero-order valence-corrected chi connectivity index (χ0v) is 16.1. The highest BCUT2D eigenvalue weighted by Crippen LogP contribution is 2.15. The molecule has 1 saturated heterocycles. The van der Waals surface area contributed by atoms with E-state index in [1.165, 1.54) is 12.8 Å². The first-order valence-corrected chi connectivity index (χ1v) is 7.85. The molecule has 1 amide bonds. The number of piperidine rings is 1. The quantitative estimate of drug-likeness (QED) is 0.316. The number of likely N-dealkylation sites (tertiary alicyclic amines) is 1. The second kappa shape index (κ2) is 11.1. The van der Waals surface area contributed by atoms with Gasteiger partial charge in [-0.2, -0.15) is 0 Å². The van der Waals surface area contributed by atoms with Crippen molar-refractivity contribution in [3.63, 3.8) is 0 Å². The molecule has 0 unspecified atom stereocenters. The Morgan fingerprint density at radius 2 is 1.90 bits per heavy atom. The fourth-order valence-corrected chi connectivity index (χ4v) is 2.19. The van der Waals surface area contributed by atoms with Gasteiger partial charge in [0.2, 0.25) is 5.91 Å². The number of halogens is 1. The Labute approximate surface area is 146 Å². The third kappa shape index (κ3) is 7.87. The van der Waals surface area contributed by atoms with Crippen LogP contribution in [0.2, 0.25) is 0 Å². The molecule has 0 atom stereocenters. The van der Waals surface area contributed by atoms with Gasteiger partial charge in [-0.15, -0.1) is 24.0 Å². The van der Waals surface area contributed by atoms with Gasteiger partial charge < -0.3 is 15.5 Å². The zero-order chi connectivity index (χ0) is 15.0. The molecule has 5 nitrogen and oxygen atoms in total. The van der Waals surface area contributed by atoms with E-state index in [9.17, 15) is 4.79 Å². The number of amides is 1. The summed E-state index contributed by atoms with van der Waals surface area (Å²) < 4.78 is 0. The van der Waals surface area contributed by atoms with Crippen LogP contribution in [-0.4, -0.2) is 49.5 Å². The maximum absolute atomic E-state index is 11.5. The molecule has 0 radical (unpaired) electrons. The standard InChI is InChI=1S/C15H30N4O.HI/c1-5-16-15(19-10-6-13(4)7-11-19)18-9-8-17-14(20)12(2)3;/h12-13H,5-11H2,1-4H3,(H,16,18)(H,17,20);1H. The van der Waals surface area contributed by atoms with Gasteiger partial charge in [-0.05, 0) is 25.7 Å². The predicted octanol–water partition coefficient (Wildman–Crippen LogP) is 2.07. The Morgan fingerprint density at radius 1 is 1.29 bits per heavy atom. The van der Waals surface area contributed by atoms with Crippen LogP contribution in [0.5, 0.6) is 0 Å². The van der Waals surface area contributed by atoms with Crippen molar-refractivity contribution >= 4 is 35.8 Å². The molecule has 21 heavy (non-hydrogen) atoms. The zero-order valence-electron chi connectivity index (χ0n) is 13.8. The molecule has 1 aliphatic heterocycles. The van der Waals surface area contributed by atoms with Crippen molar-refractivity contribution in [3.8, 4) is 0 Å². The van der Waals surface area contributed by atoms with Gasteiger partial charge in [0.1, 0.15) is 0 Å². The van der Waals surface area contributed by atoms with Crippen molar-refractivity contribution in [2.45, 2.75) is 40.5 Å². The number of nitrogens with one attached hydrogen (secondary N) is 2. The van der Waals surface area contributed by atoms with Crippen molar-refractivity contribution in [1.82, 2.24) is 15.5 Å². The number of rotatable bonds is 5. The number of carbonyl (C=O) groups is 1. The highest BCUT2D eigenvalue weighted by molar-refractivity contribution is 14.0. The number of carbonyl (C=O) groups excluding carboxylic acids is 1. The largest absolute Gasteiger partial charge is 0.357 e. The van der Waals surface area contributed by atoms with E-state index in [-0.39, 0.29) is 35.8 Å². The van der Waals surface area contributed by atoms with Crippen molar-refractivity contribution in [3.05, 3.63) is 0 Å². The van der Waals surface area contributed by atoms with Gasteiger partial charge >= 0.3 is 0 Å². The summed E-state index contributed by atoms with van der Waals surface area (Å²) in [6, 6.07) is 0. The molecular weight excluding hydrogens is 379 g/mol. The van der Waals surface area contributed by atoms with Crippen LogP contribution >= 0.6 is 24.0 Å². The second-order valence-corrected chi connectivity index (χ2v) is 5.85. The topological polar surface area (TPSA) is 56.7 Å². The summed E-state index contributed by atoms with van der Waals surface area (Å²) in [6.07, 6.45) is 2.46. The predicted molar refractivity (Wildman–Crippen MR) is 99.2 cm³/mol. The Balaban J connectivity index is 0.00000400. The van der Waals surface area contributed by atoms with E-state index in [2.05, 4.69) is 34.4 Å². The first-order chi connectivity index (χ1) is 9.54. The first kappa shape index (κ1) is 20.5. The maximum atomic E-state index is 11.5. The van der Waals surface area contributed by atoms with Crippen LogP contribution in [0.15, 0.2) is 4.99 Å². The number of hydrogen-bond donors (Lipinski definition) is 2. The minimum absolute atomic E-state index is 0. The molecule has 124 valence electrons. The van der Waals surface area contributed by atoms with Gasteiger partial charge in [-0.3, -0.25) is 9.79 Å². The SMILES string of the molecule is CCNC(=NCCNC(=O)C(C)C)N1CCC(C)CC1.I. The van der Waals surface area contributed by atoms with Crippen molar-refractivity contribution in [1.29, 1.82) is 0 Å². The van der Waals surface area contributed by atoms with E-state index in [1.54, 1.807) is 0 Å². The summed E-state index contributed by atoms with van der Waals surface area (Å²) >= 11 is 0. The minimum Gasteiger partial charge on any atom is -0.357 e. The molecule has 0 bridgehead atoms. The fourth-order valence-electron chi connectivity index (χ4n) is 2.19. The van der Waals surface area contributed by atoms with Crippen molar-refractivity contribution < 1.29 is 4.79 Å². The Morgan fingerprint density at radius 3 is 2.43 bits per heavy atom. The lowest BCUT2D eigenvalue weighted by atomic mass is 10.00. The molecule has 1 heterocycles. The maximum Gasteiger partial charge on any atom is 0.222 e. The van der Waals surface area contributed by atoms with Gasteiger partial charge in [-0.1, -0.05) is 20.8 Å². The van der Waals surface area contributed by atoms with Gasteiger partial charge in [0.15, 0.2) is 5.96 Å². The molecule has 0 saturated carbocycles. The number of aliphatic imine (C=N–C) groups is 1. The summed E-state index contributed by atoms with van der Waals surface area (Å²) in [5, 5.41) is 6.24. The summed E-state index contributed by atoms with van der Waals surface area (Å²) in [4.78, 5) is 18.4. The van der Waals surface area contributed by atoms with Gasteiger partial charge in [-0.25, -0.2) is 0 Å². The highest BCUT2D eigenvalue weighted by Gasteiger charge is 2.18. The molecule has 1 fully saturated rings. The smallest absolute Gasteiger partial charge is 0.222 e. The third-order valence-corrected chi connectivity index (χ3v) is 3.62. The molecule has 0 aliphatic carbocycles. The Kier molecular flexibility index (Phi) is 10.8. The van der Waals surface area contributed by atoms with E-state index in [4.69, 9.17) is 0 Å². The molecule has 0 aromatic heterocycles. The third-order valence-electron chi connectivity index (χ3n) is 3.62. The summed E-state index contributed by atoms with van der Waals surface area (Å²) in [7, 11) is 0. The van der Waals surface area contributed by atoms with Crippen molar-refractivity contribution in [2.75, 3.05) is 32.7 Å². The van der Waals surface area contributed by atoms with Crippen LogP contribution in [0, 0.1) is 11.8 Å². The summed E-state index contributed by atoms with van der Waals surface area (Å²) in [5.41, 5.74) is 0. The molecule has 1 aliphatic rings. The minimum atomic E-state index is 0. The van der Waals surface area contributed by atoms with Crippen LogP contribution in [-0.2, 0) is 4.79 Å². The Hall–Kier alpha value is -0.530. The average molecular weight is 410 g/mol. The molecule has 1 rings (SSSR count). The van der Waals surface area contributed by atoms with Gasteiger partial charge in [0.05, 0.1) is 6.54 Å². The average Bonchev–Trinajstić information content (AvgIpc) is 2.43. The second-order valence-electron chi connectivity index (χ2n) is 5.85. The first-order valence-electron chi connectivity index (χ1n) is 7.85. The highest BCUT2D eigenvalue weighted by atomic mass is 127. The van der Waals surface area contributed by atoms with Crippen LogP contribution in [0.4, 0.5) is 0 Å². The van der Waals surface area contributed by atoms with Crippen LogP contribution < -0.4 is 10.6 Å². The van der Waals surface area contributed by atoms with Gasteiger partial charge in [0.25, 0.3) is 0 Å². The van der Waals surface area contributed by atoms with Crippen LogP contribution in [0.1, 0.15) is 40.5 Å². The lowest BCUT2D eigenvalue weighted by molar-refractivity contribution is -0.123. The molecule has 0 aromatic carbocycles. The monoisotopic (exact) mass is 410 g/mol.